The van der Waals surface area contributed by atoms with Crippen molar-refractivity contribution in [3.05, 3.63) is 0 Å². The van der Waals surface area contributed by atoms with Crippen molar-refractivity contribution in [2.45, 2.75) is 0 Å². The van der Waals surface area contributed by atoms with Gasteiger partial charge in [0.2, 0.25) is 0 Å². The van der Waals surface area contributed by atoms with Crippen LogP contribution in [-0.2, 0) is 0 Å². The van der Waals surface area contributed by atoms with Crippen LogP contribution in [0, 0.1) is 0 Å². The second kappa shape index (κ2) is 9.11. The van der Waals surface area contributed by atoms with E-state index in [1.807, 2.05) is 0 Å². The summed E-state index contributed by atoms with van der Waals surface area (Å²) in [5, 5.41) is 0. The number of amides is 2. The van der Waals surface area contributed by atoms with E-state index in [4.69, 9.17) is 13.9 Å². The lowest BCUT2D eigenvalue weighted by Gasteiger charge is -1.62. The van der Waals surface area contributed by atoms with Crippen LogP contribution in [-0.4, -0.2) is 15.1 Å². The van der Waals surface area contributed by atoms with Gasteiger partial charge in [-0.25, -0.2) is 4.79 Å². The Morgan fingerprint density at radius 3 is 1.43 bits per heavy atom. The molecule has 0 unspecified atom stereocenters. The summed E-state index contributed by atoms with van der Waals surface area (Å²) in [5.74, 6) is 0. The molecule has 0 spiro atoms. The van der Waals surface area contributed by atoms with Crippen molar-refractivity contribution in [1.29, 1.82) is 0 Å². The maximum atomic E-state index is 9.00. The number of nitrogens with two attached hydrogens (primary N) is 2. The molecule has 2 amide bonds. The fourth-order valence-corrected chi connectivity index (χ4v) is 0. The molecule has 0 fully saturated rings. The first-order chi connectivity index (χ1) is 3.15. The summed E-state index contributed by atoms with van der Waals surface area (Å²) < 4.78 is 14.1. The SMILES string of the molecule is NC(N)=O.OSO. The van der Waals surface area contributed by atoms with Gasteiger partial charge in [-0.3, -0.25) is 0 Å². The molecule has 0 aromatic carbocycles. The molecule has 5 nitrogen and oxygen atoms in total. The second-order valence-corrected chi connectivity index (χ2v) is 0.647. The average Bonchev–Trinajstić information content (AvgIpc) is 1.33. The average molecular weight is 126 g/mol. The highest BCUT2D eigenvalue weighted by Crippen LogP contribution is 1.67. The fourth-order valence-electron chi connectivity index (χ4n) is 0. The zero-order chi connectivity index (χ0) is 6.28. The topological polar surface area (TPSA) is 110 Å². The summed E-state index contributed by atoms with van der Waals surface area (Å²) in [7, 11) is 0. The molecule has 0 saturated carbocycles. The zero-order valence-corrected chi connectivity index (χ0v) is 4.18. The van der Waals surface area contributed by atoms with E-state index in [2.05, 4.69) is 11.5 Å². The Morgan fingerprint density at radius 2 is 1.43 bits per heavy atom. The third-order valence-corrected chi connectivity index (χ3v) is 0. The van der Waals surface area contributed by atoms with Crippen molar-refractivity contribution >= 4 is 18.4 Å². The Morgan fingerprint density at radius 1 is 1.43 bits per heavy atom. The van der Waals surface area contributed by atoms with Crippen LogP contribution in [0.25, 0.3) is 0 Å². The molecule has 0 aromatic rings. The molecule has 0 aliphatic heterocycles. The smallest absolute Gasteiger partial charge is 0.309 e. The number of primary amides is 2. The summed E-state index contributed by atoms with van der Waals surface area (Å²) in [6.07, 6.45) is 0. The Balaban J connectivity index is 0. The lowest BCUT2D eigenvalue weighted by Crippen LogP contribution is -2.18. The summed E-state index contributed by atoms with van der Waals surface area (Å²) in [4.78, 5) is 9.00. The predicted molar refractivity (Wildman–Crippen MR) is 26.6 cm³/mol. The van der Waals surface area contributed by atoms with Gasteiger partial charge in [0.1, 0.15) is 0 Å². The van der Waals surface area contributed by atoms with Crippen LogP contribution in [0.15, 0.2) is 0 Å². The minimum absolute atomic E-state index is 0.250. The number of rotatable bonds is 0. The highest BCUT2D eigenvalue weighted by Gasteiger charge is 1.60. The normalized spacial score (nSPS) is 6.00. The highest BCUT2D eigenvalue weighted by atomic mass is 32.2. The largest absolute Gasteiger partial charge is 0.352 e. The molecule has 0 radical (unpaired) electrons. The second-order valence-electron chi connectivity index (χ2n) is 0.484. The molecule has 0 bridgehead atoms. The van der Waals surface area contributed by atoms with E-state index in [1.165, 1.54) is 0 Å². The molecule has 0 aromatic heterocycles. The molecule has 0 heterocycles. The van der Waals surface area contributed by atoms with Gasteiger partial charge in [-0.05, 0) is 0 Å². The Labute approximate surface area is 44.7 Å². The summed E-state index contributed by atoms with van der Waals surface area (Å²) in [5.41, 5.74) is 8.50. The van der Waals surface area contributed by atoms with E-state index in [0.717, 1.165) is 0 Å². The molecule has 0 atom stereocenters. The molecule has 6 N–H and O–H groups in total. The third-order valence-electron chi connectivity index (χ3n) is 0. The molecule has 0 rings (SSSR count). The highest BCUT2D eigenvalue weighted by molar-refractivity contribution is 7.87. The number of urea groups is 1. The van der Waals surface area contributed by atoms with Gasteiger partial charge in [-0.1, -0.05) is 0 Å². The quantitative estimate of drug-likeness (QED) is 0.334. The van der Waals surface area contributed by atoms with Crippen LogP contribution in [0.5, 0.6) is 0 Å². The molecule has 44 valence electrons. The van der Waals surface area contributed by atoms with Gasteiger partial charge in [0.15, 0.2) is 12.3 Å². The number of carbonyl (C=O) groups is 1. The summed E-state index contributed by atoms with van der Waals surface area (Å²) in [6.45, 7) is 0. The first kappa shape index (κ1) is 9.74. The van der Waals surface area contributed by atoms with Gasteiger partial charge < -0.3 is 20.6 Å². The van der Waals surface area contributed by atoms with Crippen LogP contribution in [0.2, 0.25) is 0 Å². The van der Waals surface area contributed by atoms with Crippen molar-refractivity contribution in [3.63, 3.8) is 0 Å². The van der Waals surface area contributed by atoms with Crippen molar-refractivity contribution in [2.75, 3.05) is 0 Å². The van der Waals surface area contributed by atoms with E-state index in [0.29, 0.717) is 0 Å². The molecule has 7 heavy (non-hydrogen) atoms. The van der Waals surface area contributed by atoms with Gasteiger partial charge in [0.25, 0.3) is 0 Å². The molecular weight excluding hydrogens is 120 g/mol. The summed E-state index contributed by atoms with van der Waals surface area (Å²) >= 11 is -0.250. The van der Waals surface area contributed by atoms with E-state index in [1.54, 1.807) is 0 Å². The zero-order valence-electron chi connectivity index (χ0n) is 3.37. The van der Waals surface area contributed by atoms with Crippen molar-refractivity contribution < 1.29 is 13.9 Å². The predicted octanol–water partition coefficient (Wildman–Crippen LogP) is -0.311. The monoisotopic (exact) mass is 126 g/mol. The molecular formula is CH6N2O3S. The molecule has 0 aliphatic rings. The van der Waals surface area contributed by atoms with Crippen LogP contribution >= 0.6 is 12.3 Å². The van der Waals surface area contributed by atoms with Gasteiger partial charge in [0, 0.05) is 0 Å². The summed E-state index contributed by atoms with van der Waals surface area (Å²) in [6, 6.07) is -0.833. The van der Waals surface area contributed by atoms with Crippen LogP contribution < -0.4 is 11.5 Å². The van der Waals surface area contributed by atoms with E-state index < -0.39 is 6.03 Å². The fraction of sp³-hybridized carbons (Fsp3) is 0. The van der Waals surface area contributed by atoms with Crippen LogP contribution in [0.4, 0.5) is 4.79 Å². The standard InChI is InChI=1S/CH4N2O.H2O2S/c2-1(3)4;1-3-2/h(H4,2,3,4);1-2H. The maximum absolute atomic E-state index is 9.00. The lowest BCUT2D eigenvalue weighted by atomic mass is 11.2. The number of hydrogen-bond donors (Lipinski definition) is 4. The third kappa shape index (κ3) is 328. The van der Waals surface area contributed by atoms with Gasteiger partial charge >= 0.3 is 6.03 Å². The maximum Gasteiger partial charge on any atom is 0.309 e. The van der Waals surface area contributed by atoms with E-state index in [9.17, 15) is 0 Å². The first-order valence-corrected chi connectivity index (χ1v) is 1.88. The lowest BCUT2D eigenvalue weighted by molar-refractivity contribution is 0.256. The Kier molecular flexibility index (Phi) is 12.7. The number of hydrogen-bond acceptors (Lipinski definition) is 4. The Bertz CT molecular complexity index is 44.2. The molecule has 6 heteroatoms. The van der Waals surface area contributed by atoms with E-state index in [-0.39, 0.29) is 12.3 Å². The van der Waals surface area contributed by atoms with Crippen molar-refractivity contribution in [3.8, 4) is 0 Å². The van der Waals surface area contributed by atoms with Crippen molar-refractivity contribution in [1.82, 2.24) is 0 Å². The van der Waals surface area contributed by atoms with E-state index >= 15 is 0 Å². The van der Waals surface area contributed by atoms with Crippen molar-refractivity contribution in [2.24, 2.45) is 11.5 Å². The first-order valence-electron chi connectivity index (χ1n) is 1.15. The Hall–Kier alpha value is -0.460. The molecule has 0 saturated heterocycles. The van der Waals surface area contributed by atoms with Gasteiger partial charge in [-0.15, -0.1) is 0 Å². The minimum atomic E-state index is -0.833. The van der Waals surface area contributed by atoms with Gasteiger partial charge in [0.05, 0.1) is 0 Å². The number of carbonyl (C=O) groups excluding carboxylic acids is 1. The molecule has 0 aliphatic carbocycles. The minimum Gasteiger partial charge on any atom is -0.352 e. The van der Waals surface area contributed by atoms with Gasteiger partial charge in [-0.2, -0.15) is 0 Å². The van der Waals surface area contributed by atoms with Crippen LogP contribution in [0.1, 0.15) is 0 Å². The van der Waals surface area contributed by atoms with Crippen LogP contribution in [0.3, 0.4) is 0 Å².